The van der Waals surface area contributed by atoms with E-state index in [1.165, 1.54) is 0 Å². The topological polar surface area (TPSA) is 74.0 Å². The highest BCUT2D eigenvalue weighted by Crippen LogP contribution is 2.27. The summed E-state index contributed by atoms with van der Waals surface area (Å²) < 4.78 is 8.97. The molecule has 35 heavy (non-hydrogen) atoms. The fourth-order valence-electron chi connectivity index (χ4n) is 3.91. The molecule has 0 radical (unpaired) electrons. The van der Waals surface area contributed by atoms with Gasteiger partial charge in [0.25, 0.3) is 5.91 Å². The lowest BCUT2D eigenvalue weighted by atomic mass is 10.1. The second kappa shape index (κ2) is 10.1. The molecule has 0 aliphatic rings. The van der Waals surface area contributed by atoms with Gasteiger partial charge < -0.3 is 10.1 Å². The van der Waals surface area contributed by atoms with Crippen LogP contribution in [0.4, 0.5) is 5.69 Å². The van der Waals surface area contributed by atoms with Crippen LogP contribution in [0, 0.1) is 0 Å². The maximum atomic E-state index is 13.4. The molecule has 0 spiro atoms. The lowest BCUT2D eigenvalue weighted by Crippen LogP contribution is -2.12. The zero-order chi connectivity index (χ0) is 24.0. The molecule has 7 nitrogen and oxygen atoms in total. The van der Waals surface area contributed by atoms with Crippen molar-refractivity contribution in [1.29, 1.82) is 0 Å². The van der Waals surface area contributed by atoms with E-state index < -0.39 is 0 Å². The summed E-state index contributed by atoms with van der Waals surface area (Å²) in [6, 6.07) is 27.6. The Kier molecular flexibility index (Phi) is 6.39. The summed E-state index contributed by atoms with van der Waals surface area (Å²) in [6.07, 6.45) is 5.26. The summed E-state index contributed by atoms with van der Waals surface area (Å²) in [5, 5.41) is 12.1. The maximum Gasteiger partial charge on any atom is 0.259 e. The molecule has 3 aromatic carbocycles. The monoisotopic (exact) mass is 463 g/mol. The quantitative estimate of drug-likeness (QED) is 0.347. The second-order valence-electron chi connectivity index (χ2n) is 8.17. The minimum atomic E-state index is -0.249. The Balaban J connectivity index is 1.41. The molecule has 5 rings (SSSR count). The van der Waals surface area contributed by atoms with Crippen molar-refractivity contribution in [1.82, 2.24) is 19.6 Å². The van der Waals surface area contributed by atoms with Gasteiger partial charge >= 0.3 is 0 Å². The summed E-state index contributed by atoms with van der Waals surface area (Å²) >= 11 is 0. The molecule has 5 aromatic rings. The molecule has 0 unspecified atom stereocenters. The van der Waals surface area contributed by atoms with Gasteiger partial charge in [0.2, 0.25) is 0 Å². The molecule has 0 aliphatic heterocycles. The number of amides is 1. The average Bonchev–Trinajstić information content (AvgIpc) is 3.52. The molecule has 2 heterocycles. The van der Waals surface area contributed by atoms with E-state index in [9.17, 15) is 4.79 Å². The van der Waals surface area contributed by atoms with Crippen LogP contribution in [0.3, 0.4) is 0 Å². The van der Waals surface area contributed by atoms with Crippen molar-refractivity contribution in [3.63, 3.8) is 0 Å². The third kappa shape index (κ3) is 5.30. The van der Waals surface area contributed by atoms with Crippen LogP contribution < -0.4 is 10.1 Å². The molecule has 7 heteroatoms. The van der Waals surface area contributed by atoms with Crippen LogP contribution in [-0.2, 0) is 13.1 Å². The molecule has 0 atom stereocenters. The number of carbonyl (C=O) groups excluding carboxylic acids is 1. The van der Waals surface area contributed by atoms with Crippen molar-refractivity contribution >= 4 is 11.6 Å². The Morgan fingerprint density at radius 2 is 1.54 bits per heavy atom. The zero-order valence-electron chi connectivity index (χ0n) is 19.3. The first-order valence-corrected chi connectivity index (χ1v) is 11.3. The number of benzene rings is 3. The average molecular weight is 464 g/mol. The smallest absolute Gasteiger partial charge is 0.259 e. The first-order chi connectivity index (χ1) is 17.2. The number of rotatable bonds is 8. The fourth-order valence-corrected chi connectivity index (χ4v) is 3.91. The van der Waals surface area contributed by atoms with Crippen molar-refractivity contribution in [2.45, 2.75) is 13.1 Å². The molecule has 174 valence electrons. The molecule has 0 bridgehead atoms. The molecular formula is C28H25N5O2. The summed E-state index contributed by atoms with van der Waals surface area (Å²) in [7, 11) is 1.62. The van der Waals surface area contributed by atoms with Crippen molar-refractivity contribution in [3.05, 3.63) is 120 Å². The number of nitrogens with zero attached hydrogens (tertiary/aromatic N) is 4. The molecule has 0 saturated heterocycles. The Morgan fingerprint density at radius 1 is 0.857 bits per heavy atom. The number of nitrogens with one attached hydrogen (secondary N) is 1. The summed E-state index contributed by atoms with van der Waals surface area (Å²) in [6.45, 7) is 1.18. The van der Waals surface area contributed by atoms with Crippen LogP contribution in [-0.4, -0.2) is 32.6 Å². The van der Waals surface area contributed by atoms with Gasteiger partial charge in [0, 0.05) is 18.0 Å². The van der Waals surface area contributed by atoms with E-state index in [-0.39, 0.29) is 5.91 Å². The maximum absolute atomic E-state index is 13.4. The van der Waals surface area contributed by atoms with Crippen LogP contribution in [0.25, 0.3) is 11.3 Å². The molecule has 1 N–H and O–H groups in total. The Hall–Kier alpha value is -4.65. The molecule has 0 fully saturated rings. The van der Waals surface area contributed by atoms with E-state index >= 15 is 0 Å². The number of methoxy groups -OCH3 is 1. The normalized spacial score (nSPS) is 10.8. The van der Waals surface area contributed by atoms with Crippen LogP contribution in [0.1, 0.15) is 21.5 Å². The lowest BCUT2D eigenvalue weighted by Gasteiger charge is -2.05. The van der Waals surface area contributed by atoms with Crippen molar-refractivity contribution in [3.8, 4) is 17.0 Å². The Morgan fingerprint density at radius 3 is 2.23 bits per heavy atom. The van der Waals surface area contributed by atoms with Crippen LogP contribution in [0.15, 0.2) is 104 Å². The van der Waals surface area contributed by atoms with Gasteiger partial charge in [-0.3, -0.25) is 14.2 Å². The van der Waals surface area contributed by atoms with Crippen LogP contribution in [0.5, 0.6) is 5.75 Å². The fraction of sp³-hybridized carbons (Fsp3) is 0.107. The highest BCUT2D eigenvalue weighted by atomic mass is 16.5. The number of anilines is 1. The molecule has 2 aromatic heterocycles. The van der Waals surface area contributed by atoms with Crippen molar-refractivity contribution in [2.24, 2.45) is 0 Å². The highest BCUT2D eigenvalue weighted by molar-refractivity contribution is 6.08. The third-order valence-corrected chi connectivity index (χ3v) is 5.62. The SMILES string of the molecule is COc1cccc(-c2nn(Cc3ccccc3)cc2C(=O)Nc2cnn(Cc3ccccc3)c2)c1. The van der Waals surface area contributed by atoms with E-state index in [4.69, 9.17) is 9.84 Å². The minimum Gasteiger partial charge on any atom is -0.497 e. The van der Waals surface area contributed by atoms with Gasteiger partial charge in [-0.2, -0.15) is 10.2 Å². The summed E-state index contributed by atoms with van der Waals surface area (Å²) in [4.78, 5) is 13.4. The van der Waals surface area contributed by atoms with Crippen LogP contribution >= 0.6 is 0 Å². The first-order valence-electron chi connectivity index (χ1n) is 11.3. The van der Waals surface area contributed by atoms with Crippen LogP contribution in [0.2, 0.25) is 0 Å². The van der Waals surface area contributed by atoms with Gasteiger partial charge in [-0.15, -0.1) is 0 Å². The van der Waals surface area contributed by atoms with Gasteiger partial charge in [-0.25, -0.2) is 0 Å². The lowest BCUT2D eigenvalue weighted by molar-refractivity contribution is 0.102. The van der Waals surface area contributed by atoms with E-state index in [0.29, 0.717) is 35.8 Å². The zero-order valence-corrected chi connectivity index (χ0v) is 19.3. The third-order valence-electron chi connectivity index (χ3n) is 5.62. The number of ether oxygens (including phenoxy) is 1. The predicted molar refractivity (Wildman–Crippen MR) is 135 cm³/mol. The number of aromatic nitrogens is 4. The number of hydrogen-bond donors (Lipinski definition) is 1. The van der Waals surface area contributed by atoms with E-state index in [2.05, 4.69) is 10.4 Å². The Bertz CT molecular complexity index is 1420. The minimum absolute atomic E-state index is 0.249. The second-order valence-corrected chi connectivity index (χ2v) is 8.17. The van der Waals surface area contributed by atoms with Gasteiger partial charge in [0.1, 0.15) is 11.4 Å². The highest BCUT2D eigenvalue weighted by Gasteiger charge is 2.19. The van der Waals surface area contributed by atoms with Gasteiger partial charge in [-0.05, 0) is 23.3 Å². The number of hydrogen-bond acceptors (Lipinski definition) is 4. The number of carbonyl (C=O) groups is 1. The van der Waals surface area contributed by atoms with Gasteiger partial charge in [0.05, 0.1) is 37.6 Å². The molecule has 0 saturated carbocycles. The van der Waals surface area contributed by atoms with Gasteiger partial charge in [-0.1, -0.05) is 72.8 Å². The van der Waals surface area contributed by atoms with E-state index in [1.807, 2.05) is 91.1 Å². The standard InChI is InChI=1S/C28H25N5O2/c1-35-25-14-8-13-23(15-25)27-26(20-33(31-27)18-22-11-6-3-7-12-22)28(34)30-24-16-29-32(19-24)17-21-9-4-2-5-10-21/h2-16,19-20H,17-18H2,1H3,(H,30,34). The molecular weight excluding hydrogens is 438 g/mol. The Labute approximate surface area is 203 Å². The predicted octanol–water partition coefficient (Wildman–Crippen LogP) is 5.10. The van der Waals surface area contributed by atoms with Crippen molar-refractivity contribution in [2.75, 3.05) is 12.4 Å². The van der Waals surface area contributed by atoms with Crippen molar-refractivity contribution < 1.29 is 9.53 Å². The summed E-state index contributed by atoms with van der Waals surface area (Å²) in [5.74, 6) is 0.454. The summed E-state index contributed by atoms with van der Waals surface area (Å²) in [5.41, 5.74) is 4.73. The van der Waals surface area contributed by atoms with E-state index in [1.54, 1.807) is 28.9 Å². The van der Waals surface area contributed by atoms with Gasteiger partial charge in [0.15, 0.2) is 0 Å². The van der Waals surface area contributed by atoms with E-state index in [0.717, 1.165) is 16.7 Å². The largest absolute Gasteiger partial charge is 0.497 e. The first kappa shape index (κ1) is 22.2. The molecule has 1 amide bonds. The molecule has 0 aliphatic carbocycles.